The molecule has 4 nitrogen and oxygen atoms in total. The molecule has 0 saturated carbocycles. The van der Waals surface area contributed by atoms with Crippen molar-refractivity contribution in [2.75, 3.05) is 0 Å². The molecule has 1 saturated heterocycles. The minimum Gasteiger partial charge on any atom is -0.445 e. The van der Waals surface area contributed by atoms with Gasteiger partial charge in [0.25, 0.3) is 0 Å². The molecule has 1 fully saturated rings. The third kappa shape index (κ3) is 2.72. The van der Waals surface area contributed by atoms with Gasteiger partial charge in [-0.3, -0.25) is 9.69 Å². The Labute approximate surface area is 152 Å². The largest absolute Gasteiger partial charge is 0.445 e. The third-order valence-electron chi connectivity index (χ3n) is 3.84. The molecule has 0 aromatic heterocycles. The lowest BCUT2D eigenvalue weighted by Crippen LogP contribution is -2.66. The molecule has 2 heterocycles. The van der Waals surface area contributed by atoms with Crippen LogP contribution in [0.2, 0.25) is 0 Å². The Hall–Kier alpha value is -0.940. The second-order valence-corrected chi connectivity index (χ2v) is 8.07. The van der Waals surface area contributed by atoms with E-state index in [4.69, 9.17) is 51.1 Å². The molecule has 2 aliphatic heterocycles. The lowest BCUT2D eigenvalue weighted by molar-refractivity contribution is -0.124. The number of piperidine rings is 1. The average Bonchev–Trinajstić information content (AvgIpc) is 2.96. The summed E-state index contributed by atoms with van der Waals surface area (Å²) >= 11 is 24.4. The fourth-order valence-corrected chi connectivity index (χ4v) is 4.17. The Balaban J connectivity index is 1.80. The zero-order valence-electron chi connectivity index (χ0n) is 11.6. The Kier molecular flexibility index (Phi) is 4.30. The van der Waals surface area contributed by atoms with E-state index in [9.17, 15) is 9.59 Å². The van der Waals surface area contributed by atoms with E-state index in [1.165, 1.54) is 4.90 Å². The molecule has 2 unspecified atom stereocenters. The zero-order valence-corrected chi connectivity index (χ0v) is 14.6. The Morgan fingerprint density at radius 2 is 1.57 bits per heavy atom. The van der Waals surface area contributed by atoms with E-state index in [-0.39, 0.29) is 6.61 Å². The molecular formula is C15H11Cl4NO3. The Bertz CT molecular complexity index is 647. The molecule has 122 valence electrons. The highest BCUT2D eigenvalue weighted by molar-refractivity contribution is 6.70. The number of carbonyl (C=O) groups is 2. The molecular weight excluding hydrogens is 384 g/mol. The quantitative estimate of drug-likeness (QED) is 0.565. The van der Waals surface area contributed by atoms with Crippen molar-refractivity contribution in [3.05, 3.63) is 48.0 Å². The van der Waals surface area contributed by atoms with Crippen LogP contribution in [-0.4, -0.2) is 37.5 Å². The normalized spacial score (nSPS) is 27.1. The fraction of sp³-hybridized carbons (Fsp3) is 0.333. The Morgan fingerprint density at radius 1 is 1.04 bits per heavy atom. The van der Waals surface area contributed by atoms with Gasteiger partial charge < -0.3 is 4.74 Å². The first kappa shape index (κ1) is 16.9. The number of alkyl halides is 4. The molecule has 1 amide bonds. The SMILES string of the molecule is O=C(OCc1ccccc1)N1C2C=CC1C(Cl)(Cl)C(=O)C2(Cl)Cl. The van der Waals surface area contributed by atoms with Crippen LogP contribution in [0.5, 0.6) is 0 Å². The number of ketones is 1. The molecule has 0 radical (unpaired) electrons. The van der Waals surface area contributed by atoms with Gasteiger partial charge >= 0.3 is 6.09 Å². The first-order valence-corrected chi connectivity index (χ1v) is 8.25. The summed E-state index contributed by atoms with van der Waals surface area (Å²) in [6.45, 7) is 0.0682. The number of benzene rings is 1. The van der Waals surface area contributed by atoms with Crippen molar-refractivity contribution in [1.82, 2.24) is 4.90 Å². The van der Waals surface area contributed by atoms with Crippen LogP contribution in [0, 0.1) is 0 Å². The summed E-state index contributed by atoms with van der Waals surface area (Å²) in [6, 6.07) is 7.41. The molecule has 0 spiro atoms. The van der Waals surface area contributed by atoms with Gasteiger partial charge in [0.05, 0.1) is 12.1 Å². The number of halogens is 4. The van der Waals surface area contributed by atoms with Crippen molar-refractivity contribution >= 4 is 58.3 Å². The number of ether oxygens (including phenoxy) is 1. The highest BCUT2D eigenvalue weighted by atomic mass is 35.5. The number of fused-ring (bicyclic) bond motifs is 2. The molecule has 8 heteroatoms. The van der Waals surface area contributed by atoms with Crippen LogP contribution >= 0.6 is 46.4 Å². The second kappa shape index (κ2) is 5.85. The highest BCUT2D eigenvalue weighted by Crippen LogP contribution is 2.50. The van der Waals surface area contributed by atoms with Crippen molar-refractivity contribution < 1.29 is 14.3 Å². The molecule has 0 aliphatic carbocycles. The maximum Gasteiger partial charge on any atom is 0.411 e. The predicted molar refractivity (Wildman–Crippen MR) is 89.1 cm³/mol. The summed E-state index contributed by atoms with van der Waals surface area (Å²) in [7, 11) is 0. The highest BCUT2D eigenvalue weighted by Gasteiger charge is 2.66. The smallest absolute Gasteiger partial charge is 0.411 e. The topological polar surface area (TPSA) is 46.6 Å². The van der Waals surface area contributed by atoms with E-state index in [1.807, 2.05) is 30.3 Å². The molecule has 3 rings (SSSR count). The molecule has 1 aromatic carbocycles. The number of rotatable bonds is 2. The lowest BCUT2D eigenvalue weighted by Gasteiger charge is -2.45. The van der Waals surface area contributed by atoms with Gasteiger partial charge in [0.15, 0.2) is 0 Å². The number of hydrogen-bond donors (Lipinski definition) is 0. The van der Waals surface area contributed by atoms with E-state index in [0.29, 0.717) is 0 Å². The predicted octanol–water partition coefficient (Wildman–Crippen LogP) is 3.86. The van der Waals surface area contributed by atoms with Crippen molar-refractivity contribution in [1.29, 1.82) is 0 Å². The Morgan fingerprint density at radius 3 is 2.09 bits per heavy atom. The van der Waals surface area contributed by atoms with Crippen molar-refractivity contribution in [3.8, 4) is 0 Å². The number of carbonyl (C=O) groups excluding carboxylic acids is 2. The first-order valence-electron chi connectivity index (χ1n) is 6.74. The van der Waals surface area contributed by atoms with E-state index >= 15 is 0 Å². The first-order chi connectivity index (χ1) is 10.8. The standard InChI is InChI=1S/C15H11Cl4NO3/c16-14(17)10-6-7-11(15(18,19)12(14)21)20(10)13(22)23-8-9-4-2-1-3-5-9/h1-7,10-11H,8H2. The minimum absolute atomic E-state index is 0.0682. The van der Waals surface area contributed by atoms with Crippen LogP contribution in [0.3, 0.4) is 0 Å². The van der Waals surface area contributed by atoms with E-state index in [0.717, 1.165) is 5.56 Å². The maximum atomic E-state index is 12.4. The van der Waals surface area contributed by atoms with Crippen molar-refractivity contribution in [2.45, 2.75) is 27.4 Å². The van der Waals surface area contributed by atoms with Gasteiger partial charge in [-0.25, -0.2) is 4.79 Å². The van der Waals surface area contributed by atoms with Gasteiger partial charge in [0.2, 0.25) is 14.4 Å². The van der Waals surface area contributed by atoms with Crippen LogP contribution < -0.4 is 0 Å². The molecule has 2 atom stereocenters. The van der Waals surface area contributed by atoms with Crippen LogP contribution in [-0.2, 0) is 16.1 Å². The summed E-state index contributed by atoms with van der Waals surface area (Å²) < 4.78 is 1.41. The summed E-state index contributed by atoms with van der Waals surface area (Å²) in [4.78, 5) is 25.9. The van der Waals surface area contributed by atoms with E-state index in [1.54, 1.807) is 12.2 Å². The molecule has 0 N–H and O–H groups in total. The van der Waals surface area contributed by atoms with E-state index in [2.05, 4.69) is 0 Å². The van der Waals surface area contributed by atoms with Crippen molar-refractivity contribution in [3.63, 3.8) is 0 Å². The summed E-state index contributed by atoms with van der Waals surface area (Å²) in [5, 5.41) is 0. The number of amides is 1. The molecule has 1 aromatic rings. The summed E-state index contributed by atoms with van der Waals surface area (Å²) in [5.74, 6) is -0.747. The average molecular weight is 395 g/mol. The zero-order chi connectivity index (χ0) is 16.8. The molecule has 2 aliphatic rings. The fourth-order valence-electron chi connectivity index (χ4n) is 2.67. The van der Waals surface area contributed by atoms with Crippen LogP contribution in [0.1, 0.15) is 5.56 Å². The summed E-state index contributed by atoms with van der Waals surface area (Å²) in [5.41, 5.74) is 0.820. The second-order valence-electron chi connectivity index (χ2n) is 5.30. The van der Waals surface area contributed by atoms with Crippen molar-refractivity contribution in [2.24, 2.45) is 0 Å². The minimum atomic E-state index is -1.93. The molecule has 2 bridgehead atoms. The van der Waals surface area contributed by atoms with Crippen LogP contribution in [0.25, 0.3) is 0 Å². The summed E-state index contributed by atoms with van der Waals surface area (Å²) in [6.07, 6.45) is 2.38. The van der Waals surface area contributed by atoms with Gasteiger partial charge in [0.1, 0.15) is 6.61 Å². The van der Waals surface area contributed by atoms with Gasteiger partial charge in [-0.15, -0.1) is 0 Å². The van der Waals surface area contributed by atoms with E-state index < -0.39 is 32.6 Å². The third-order valence-corrected chi connectivity index (χ3v) is 5.42. The number of Topliss-reactive ketones (excluding diaryl/α,β-unsaturated/α-hetero) is 1. The van der Waals surface area contributed by atoms with Crippen LogP contribution in [0.15, 0.2) is 42.5 Å². The van der Waals surface area contributed by atoms with Gasteiger partial charge in [-0.05, 0) is 5.56 Å². The number of nitrogens with zero attached hydrogens (tertiary/aromatic N) is 1. The maximum absolute atomic E-state index is 12.4. The van der Waals surface area contributed by atoms with Gasteiger partial charge in [0, 0.05) is 0 Å². The van der Waals surface area contributed by atoms with Gasteiger partial charge in [-0.2, -0.15) is 0 Å². The van der Waals surface area contributed by atoms with Gasteiger partial charge in [-0.1, -0.05) is 88.9 Å². The lowest BCUT2D eigenvalue weighted by atomic mass is 9.98. The van der Waals surface area contributed by atoms with Crippen LogP contribution in [0.4, 0.5) is 4.79 Å². The number of hydrogen-bond acceptors (Lipinski definition) is 3. The molecule has 23 heavy (non-hydrogen) atoms. The monoisotopic (exact) mass is 393 g/mol.